The van der Waals surface area contributed by atoms with Gasteiger partial charge in [-0.3, -0.25) is 9.48 Å². The van der Waals surface area contributed by atoms with Crippen LogP contribution in [0.5, 0.6) is 0 Å². The van der Waals surface area contributed by atoms with E-state index in [9.17, 15) is 4.79 Å². The van der Waals surface area contributed by atoms with Crippen LogP contribution in [0.15, 0.2) is 12.3 Å². The average molecular weight is 253 g/mol. The molecule has 1 aromatic heterocycles. The van der Waals surface area contributed by atoms with Crippen LogP contribution in [-0.2, 0) is 16.1 Å². The molecule has 18 heavy (non-hydrogen) atoms. The highest BCUT2D eigenvalue weighted by Gasteiger charge is 2.32. The lowest BCUT2D eigenvalue weighted by Gasteiger charge is -2.26. The number of aryl methyl sites for hydroxylation is 2. The molecule has 1 atom stereocenters. The van der Waals surface area contributed by atoms with Crippen molar-refractivity contribution >= 4 is 5.97 Å². The molecule has 0 bridgehead atoms. The number of nitrogens with zero attached hydrogens (tertiary/aromatic N) is 2. The third kappa shape index (κ3) is 3.57. The summed E-state index contributed by atoms with van der Waals surface area (Å²) in [6.45, 7) is 6.95. The summed E-state index contributed by atoms with van der Waals surface area (Å²) in [7, 11) is 1.79. The van der Waals surface area contributed by atoms with E-state index in [4.69, 9.17) is 4.74 Å². The summed E-state index contributed by atoms with van der Waals surface area (Å²) in [5.41, 5.74) is 0.522. The summed E-state index contributed by atoms with van der Waals surface area (Å²) in [5.74, 6) is -0.190. The van der Waals surface area contributed by atoms with Crippen molar-refractivity contribution in [3.63, 3.8) is 0 Å². The highest BCUT2D eigenvalue weighted by atomic mass is 16.5. The van der Waals surface area contributed by atoms with Crippen LogP contribution < -0.4 is 5.32 Å². The molecule has 1 aromatic rings. The van der Waals surface area contributed by atoms with Crippen LogP contribution in [0.3, 0.4) is 0 Å². The summed E-state index contributed by atoms with van der Waals surface area (Å²) in [6.07, 6.45) is 3.39. The number of aromatic nitrogens is 2. The second kappa shape index (κ2) is 6.54. The Labute approximate surface area is 109 Å². The van der Waals surface area contributed by atoms with Gasteiger partial charge in [-0.25, -0.2) is 0 Å². The van der Waals surface area contributed by atoms with E-state index in [1.54, 1.807) is 13.2 Å². The fourth-order valence-electron chi connectivity index (χ4n) is 1.83. The van der Waals surface area contributed by atoms with Gasteiger partial charge in [0.15, 0.2) is 0 Å². The Kier molecular flexibility index (Phi) is 5.34. The van der Waals surface area contributed by atoms with Crippen LogP contribution >= 0.6 is 0 Å². The van der Waals surface area contributed by atoms with Crippen molar-refractivity contribution in [3.05, 3.63) is 18.0 Å². The smallest absolute Gasteiger partial charge is 0.326 e. The molecule has 0 radical (unpaired) electrons. The maximum atomic E-state index is 11.8. The third-order valence-electron chi connectivity index (χ3n) is 3.25. The second-order valence-corrected chi connectivity index (χ2v) is 4.60. The normalized spacial score (nSPS) is 14.2. The van der Waals surface area contributed by atoms with Crippen LogP contribution in [0, 0.1) is 6.92 Å². The highest BCUT2D eigenvalue weighted by Crippen LogP contribution is 2.15. The van der Waals surface area contributed by atoms with E-state index in [1.807, 2.05) is 31.5 Å². The number of esters is 1. The molecule has 5 heteroatoms. The Morgan fingerprint density at radius 1 is 1.61 bits per heavy atom. The molecule has 0 saturated carbocycles. The van der Waals surface area contributed by atoms with Crippen molar-refractivity contribution in [1.82, 2.24) is 15.1 Å². The number of rotatable bonds is 7. The molecule has 0 fully saturated rings. The number of likely N-dealkylation sites (N-methyl/N-ethyl adjacent to an activating group) is 1. The van der Waals surface area contributed by atoms with Crippen LogP contribution in [-0.4, -0.2) is 34.9 Å². The van der Waals surface area contributed by atoms with Crippen LogP contribution in [0.4, 0.5) is 0 Å². The van der Waals surface area contributed by atoms with Gasteiger partial charge in [0.25, 0.3) is 0 Å². The minimum Gasteiger partial charge on any atom is -0.465 e. The first-order valence-electron chi connectivity index (χ1n) is 6.38. The predicted molar refractivity (Wildman–Crippen MR) is 70.3 cm³/mol. The Morgan fingerprint density at radius 3 is 2.83 bits per heavy atom. The molecule has 102 valence electrons. The lowest BCUT2D eigenvalue weighted by molar-refractivity contribution is -0.150. The van der Waals surface area contributed by atoms with Gasteiger partial charge in [0.2, 0.25) is 0 Å². The Bertz CT molecular complexity index is 389. The number of hydrogen-bond acceptors (Lipinski definition) is 4. The van der Waals surface area contributed by atoms with Crippen molar-refractivity contribution in [2.75, 3.05) is 13.7 Å². The van der Waals surface area contributed by atoms with Gasteiger partial charge >= 0.3 is 5.97 Å². The Hall–Kier alpha value is -1.36. The number of carbonyl (C=O) groups is 1. The minimum absolute atomic E-state index is 0.190. The van der Waals surface area contributed by atoms with Gasteiger partial charge in [-0.05, 0) is 46.7 Å². The van der Waals surface area contributed by atoms with Gasteiger partial charge in [-0.1, -0.05) is 0 Å². The second-order valence-electron chi connectivity index (χ2n) is 4.60. The molecule has 0 amide bonds. The number of nitrogens with one attached hydrogen (secondary N) is 1. The van der Waals surface area contributed by atoms with Crippen molar-refractivity contribution < 1.29 is 9.53 Å². The summed E-state index contributed by atoms with van der Waals surface area (Å²) >= 11 is 0. The van der Waals surface area contributed by atoms with Gasteiger partial charge in [0.05, 0.1) is 6.61 Å². The highest BCUT2D eigenvalue weighted by molar-refractivity contribution is 5.80. The molecule has 0 aliphatic carbocycles. The number of hydrogen-bond donors (Lipinski definition) is 1. The largest absolute Gasteiger partial charge is 0.465 e. The topological polar surface area (TPSA) is 56.2 Å². The van der Waals surface area contributed by atoms with Crippen LogP contribution in [0.25, 0.3) is 0 Å². The quantitative estimate of drug-likeness (QED) is 0.748. The van der Waals surface area contributed by atoms with Crippen molar-refractivity contribution in [3.8, 4) is 0 Å². The fourth-order valence-corrected chi connectivity index (χ4v) is 1.83. The molecule has 0 aromatic carbocycles. The molecule has 1 N–H and O–H groups in total. The van der Waals surface area contributed by atoms with Crippen LogP contribution in [0.2, 0.25) is 0 Å². The van der Waals surface area contributed by atoms with Gasteiger partial charge in [0.1, 0.15) is 5.54 Å². The van der Waals surface area contributed by atoms with E-state index in [0.29, 0.717) is 6.61 Å². The summed E-state index contributed by atoms with van der Waals surface area (Å²) < 4.78 is 7.03. The van der Waals surface area contributed by atoms with E-state index in [-0.39, 0.29) is 5.97 Å². The molecule has 5 nitrogen and oxygen atoms in total. The van der Waals surface area contributed by atoms with E-state index in [1.165, 1.54) is 0 Å². The van der Waals surface area contributed by atoms with E-state index >= 15 is 0 Å². The number of carbonyl (C=O) groups excluding carboxylic acids is 1. The van der Waals surface area contributed by atoms with E-state index in [0.717, 1.165) is 25.1 Å². The minimum atomic E-state index is -0.614. The van der Waals surface area contributed by atoms with Gasteiger partial charge < -0.3 is 10.1 Å². The van der Waals surface area contributed by atoms with Gasteiger partial charge in [0, 0.05) is 18.4 Å². The maximum absolute atomic E-state index is 11.8. The van der Waals surface area contributed by atoms with Crippen molar-refractivity contribution in [2.24, 2.45) is 0 Å². The molecule has 0 saturated heterocycles. The molecule has 1 unspecified atom stereocenters. The molecule has 0 spiro atoms. The monoisotopic (exact) mass is 253 g/mol. The zero-order valence-electron chi connectivity index (χ0n) is 11.7. The van der Waals surface area contributed by atoms with Crippen LogP contribution in [0.1, 0.15) is 32.4 Å². The fraction of sp³-hybridized carbons (Fsp3) is 0.692. The lowest BCUT2D eigenvalue weighted by Crippen LogP contribution is -2.48. The standard InChI is InChI=1S/C13H23N3O2/c1-5-18-12(17)13(3,14-4)8-6-10-16-11(2)7-9-15-16/h7,9,14H,5-6,8,10H2,1-4H3. The first-order valence-corrected chi connectivity index (χ1v) is 6.38. The average Bonchev–Trinajstić information content (AvgIpc) is 2.75. The van der Waals surface area contributed by atoms with E-state index < -0.39 is 5.54 Å². The molecule has 0 aliphatic heterocycles. The zero-order chi connectivity index (χ0) is 13.6. The maximum Gasteiger partial charge on any atom is 0.326 e. The summed E-state index contributed by atoms with van der Waals surface area (Å²) in [6, 6.07) is 1.97. The predicted octanol–water partition coefficient (Wildman–Crippen LogP) is 1.51. The van der Waals surface area contributed by atoms with Crippen molar-refractivity contribution in [1.29, 1.82) is 0 Å². The Morgan fingerprint density at radius 2 is 2.33 bits per heavy atom. The Balaban J connectivity index is 2.49. The third-order valence-corrected chi connectivity index (χ3v) is 3.25. The molecule has 0 aliphatic rings. The first kappa shape index (κ1) is 14.7. The summed E-state index contributed by atoms with van der Waals surface area (Å²) in [5, 5.41) is 7.28. The molecular weight excluding hydrogens is 230 g/mol. The van der Waals surface area contributed by atoms with E-state index in [2.05, 4.69) is 10.4 Å². The van der Waals surface area contributed by atoms with Gasteiger partial charge in [-0.2, -0.15) is 5.10 Å². The molecule has 1 rings (SSSR count). The molecular formula is C13H23N3O2. The lowest BCUT2D eigenvalue weighted by atomic mass is 9.96. The molecule has 1 heterocycles. The SMILES string of the molecule is CCOC(=O)C(C)(CCCn1nccc1C)NC. The zero-order valence-corrected chi connectivity index (χ0v) is 11.7. The van der Waals surface area contributed by atoms with Crippen molar-refractivity contribution in [2.45, 2.75) is 45.7 Å². The first-order chi connectivity index (χ1) is 8.53. The number of ether oxygens (including phenoxy) is 1. The van der Waals surface area contributed by atoms with Gasteiger partial charge in [-0.15, -0.1) is 0 Å². The summed E-state index contributed by atoms with van der Waals surface area (Å²) in [4.78, 5) is 11.8.